The second kappa shape index (κ2) is 5.73. The molecule has 7 heteroatoms. The zero-order valence-electron chi connectivity index (χ0n) is 11.8. The molecule has 2 fully saturated rings. The maximum atomic E-state index is 12.0. The van der Waals surface area contributed by atoms with Crippen molar-refractivity contribution in [3.63, 3.8) is 0 Å². The number of nitrogens with zero attached hydrogens (tertiary/aromatic N) is 3. The lowest BCUT2D eigenvalue weighted by atomic mass is 10.0. The highest BCUT2D eigenvalue weighted by Crippen LogP contribution is 2.32. The van der Waals surface area contributed by atoms with Crippen LogP contribution < -0.4 is 4.90 Å². The molecule has 6 nitrogen and oxygen atoms in total. The van der Waals surface area contributed by atoms with E-state index in [1.54, 1.807) is 16.4 Å². The van der Waals surface area contributed by atoms with E-state index in [9.17, 15) is 13.3 Å². The van der Waals surface area contributed by atoms with Crippen LogP contribution in [0.5, 0.6) is 0 Å². The molecular formula is C14H19N3O3S. The molecule has 0 atom stereocenters. The fourth-order valence-electron chi connectivity index (χ4n) is 3.27. The summed E-state index contributed by atoms with van der Waals surface area (Å²) in [6.07, 6.45) is 2.33. The molecule has 3 rings (SSSR count). The summed E-state index contributed by atoms with van der Waals surface area (Å²) in [4.78, 5) is 13.0. The highest BCUT2D eigenvalue weighted by molar-refractivity contribution is 7.89. The lowest BCUT2D eigenvalue weighted by Gasteiger charge is -2.37. The van der Waals surface area contributed by atoms with Crippen LogP contribution in [0.3, 0.4) is 0 Å². The number of hydrogen-bond donors (Lipinski definition) is 0. The lowest BCUT2D eigenvalue weighted by Crippen LogP contribution is -2.45. The van der Waals surface area contributed by atoms with Crippen LogP contribution in [-0.2, 0) is 10.0 Å². The third-order valence-corrected chi connectivity index (χ3v) is 6.33. The lowest BCUT2D eigenvalue weighted by molar-refractivity contribution is 0.291. The van der Waals surface area contributed by atoms with Crippen molar-refractivity contribution in [1.29, 1.82) is 0 Å². The Morgan fingerprint density at radius 2 is 1.81 bits per heavy atom. The van der Waals surface area contributed by atoms with Crippen molar-refractivity contribution >= 4 is 21.4 Å². The highest BCUT2D eigenvalue weighted by Gasteiger charge is 2.36. The molecule has 0 saturated carbocycles. The van der Waals surface area contributed by atoms with Crippen LogP contribution in [0.2, 0.25) is 0 Å². The number of para-hydroxylation sites is 1. The van der Waals surface area contributed by atoms with Gasteiger partial charge in [-0.15, -0.1) is 4.91 Å². The smallest absolute Gasteiger partial charge is 0.214 e. The van der Waals surface area contributed by atoms with Crippen molar-refractivity contribution < 1.29 is 8.42 Å². The monoisotopic (exact) mass is 309 g/mol. The molecule has 21 heavy (non-hydrogen) atoms. The van der Waals surface area contributed by atoms with Crippen LogP contribution in [-0.4, -0.2) is 44.2 Å². The predicted octanol–water partition coefficient (Wildman–Crippen LogP) is 2.09. The number of rotatable bonds is 3. The molecule has 0 N–H and O–H groups in total. The zero-order chi connectivity index (χ0) is 14.9. The summed E-state index contributed by atoms with van der Waals surface area (Å²) in [6, 6.07) is 7.39. The number of sulfonamides is 1. The Bertz CT molecular complexity index is 624. The topological polar surface area (TPSA) is 70.1 Å². The Balaban J connectivity index is 1.69. The van der Waals surface area contributed by atoms with Gasteiger partial charge in [0.25, 0.3) is 0 Å². The molecule has 2 saturated heterocycles. The van der Waals surface area contributed by atoms with Crippen LogP contribution in [0.1, 0.15) is 19.3 Å². The van der Waals surface area contributed by atoms with Gasteiger partial charge in [0.1, 0.15) is 5.69 Å². The molecule has 0 radical (unpaired) electrons. The molecule has 2 heterocycles. The SMILES string of the molecule is O=Nc1ccccc1N1CCC(N2CCCS2(=O)=O)CC1. The van der Waals surface area contributed by atoms with Crippen molar-refractivity contribution in [2.45, 2.75) is 25.3 Å². The quantitative estimate of drug-likeness (QED) is 0.802. The predicted molar refractivity (Wildman–Crippen MR) is 82.2 cm³/mol. The van der Waals surface area contributed by atoms with Gasteiger partial charge in [-0.2, -0.15) is 4.31 Å². The van der Waals surface area contributed by atoms with Crippen LogP contribution in [0.15, 0.2) is 29.4 Å². The Morgan fingerprint density at radius 3 is 2.43 bits per heavy atom. The third kappa shape index (κ3) is 2.80. The molecule has 0 amide bonds. The van der Waals surface area contributed by atoms with Crippen molar-refractivity contribution in [3.05, 3.63) is 29.2 Å². The molecule has 0 unspecified atom stereocenters. The van der Waals surface area contributed by atoms with Crippen molar-refractivity contribution in [2.75, 3.05) is 30.3 Å². The molecule has 2 aliphatic heterocycles. The minimum absolute atomic E-state index is 0.102. The summed E-state index contributed by atoms with van der Waals surface area (Å²) >= 11 is 0. The average Bonchev–Trinajstić information content (AvgIpc) is 2.87. The number of hydrogen-bond acceptors (Lipinski definition) is 5. The molecule has 0 aromatic heterocycles. The van der Waals surface area contributed by atoms with Gasteiger partial charge < -0.3 is 4.90 Å². The number of nitroso groups, excluding NO2 is 1. The molecule has 114 valence electrons. The van der Waals surface area contributed by atoms with Gasteiger partial charge in [0.05, 0.1) is 11.4 Å². The summed E-state index contributed by atoms with van der Waals surface area (Å²) in [5.74, 6) is 0.283. The first kappa shape index (κ1) is 14.5. The number of benzene rings is 1. The summed E-state index contributed by atoms with van der Waals surface area (Å²) in [6.45, 7) is 2.16. The van der Waals surface area contributed by atoms with Gasteiger partial charge in [0.2, 0.25) is 10.0 Å². The van der Waals surface area contributed by atoms with E-state index in [2.05, 4.69) is 10.1 Å². The van der Waals surface area contributed by atoms with Gasteiger partial charge in [-0.3, -0.25) is 0 Å². The summed E-state index contributed by atoms with van der Waals surface area (Å²) in [7, 11) is -3.04. The van der Waals surface area contributed by atoms with E-state index in [1.807, 2.05) is 12.1 Å². The van der Waals surface area contributed by atoms with E-state index < -0.39 is 10.0 Å². The van der Waals surface area contributed by atoms with Gasteiger partial charge in [-0.25, -0.2) is 8.42 Å². The minimum atomic E-state index is -3.04. The second-order valence-corrected chi connectivity index (χ2v) is 7.62. The molecule has 0 spiro atoms. The van der Waals surface area contributed by atoms with Gasteiger partial charge in [-0.1, -0.05) is 12.1 Å². The Hall–Kier alpha value is -1.47. The Labute approximate surface area is 124 Å². The molecule has 1 aromatic carbocycles. The van der Waals surface area contributed by atoms with E-state index in [0.717, 1.165) is 38.0 Å². The van der Waals surface area contributed by atoms with E-state index >= 15 is 0 Å². The van der Waals surface area contributed by atoms with E-state index in [-0.39, 0.29) is 11.8 Å². The van der Waals surface area contributed by atoms with Crippen molar-refractivity contribution in [3.8, 4) is 0 Å². The van der Waals surface area contributed by atoms with Gasteiger partial charge in [0, 0.05) is 25.7 Å². The maximum absolute atomic E-state index is 12.0. The maximum Gasteiger partial charge on any atom is 0.214 e. The van der Waals surface area contributed by atoms with Crippen molar-refractivity contribution in [2.24, 2.45) is 5.18 Å². The number of piperidine rings is 1. The molecular weight excluding hydrogens is 290 g/mol. The highest BCUT2D eigenvalue weighted by atomic mass is 32.2. The summed E-state index contributed by atoms with van der Waals surface area (Å²) in [5, 5.41) is 3.07. The molecule has 2 aliphatic rings. The largest absolute Gasteiger partial charge is 0.370 e. The van der Waals surface area contributed by atoms with Crippen LogP contribution in [0.25, 0.3) is 0 Å². The van der Waals surface area contributed by atoms with Gasteiger partial charge >= 0.3 is 0 Å². The second-order valence-electron chi connectivity index (χ2n) is 5.58. The average molecular weight is 309 g/mol. The van der Waals surface area contributed by atoms with Gasteiger partial charge in [-0.05, 0) is 36.6 Å². The van der Waals surface area contributed by atoms with Crippen LogP contribution in [0, 0.1) is 4.91 Å². The standard InChI is InChI=1S/C14H19N3O3S/c18-15-13-4-1-2-5-14(13)16-9-6-12(7-10-16)17-8-3-11-21(17,19)20/h1-2,4-5,12H,3,6-11H2. The first-order valence-corrected chi connectivity index (χ1v) is 8.89. The van der Waals surface area contributed by atoms with E-state index in [4.69, 9.17) is 0 Å². The Morgan fingerprint density at radius 1 is 1.10 bits per heavy atom. The normalized spacial score (nSPS) is 23.3. The van der Waals surface area contributed by atoms with E-state index in [1.165, 1.54) is 0 Å². The molecule has 0 aliphatic carbocycles. The van der Waals surface area contributed by atoms with Gasteiger partial charge in [0.15, 0.2) is 0 Å². The first-order chi connectivity index (χ1) is 10.1. The van der Waals surface area contributed by atoms with Crippen LogP contribution >= 0.6 is 0 Å². The molecule has 0 bridgehead atoms. The zero-order valence-corrected chi connectivity index (χ0v) is 12.6. The third-order valence-electron chi connectivity index (χ3n) is 4.33. The fraction of sp³-hybridized carbons (Fsp3) is 0.571. The minimum Gasteiger partial charge on any atom is -0.370 e. The first-order valence-electron chi connectivity index (χ1n) is 7.29. The van der Waals surface area contributed by atoms with E-state index in [0.29, 0.717) is 12.2 Å². The summed E-state index contributed by atoms with van der Waals surface area (Å²) in [5.41, 5.74) is 1.29. The molecule has 1 aromatic rings. The number of anilines is 1. The fourth-order valence-corrected chi connectivity index (χ4v) is 5.07. The van der Waals surface area contributed by atoms with Crippen LogP contribution in [0.4, 0.5) is 11.4 Å². The van der Waals surface area contributed by atoms with Crippen molar-refractivity contribution in [1.82, 2.24) is 4.31 Å². The Kier molecular flexibility index (Phi) is 3.95. The summed E-state index contributed by atoms with van der Waals surface area (Å²) < 4.78 is 25.6.